The lowest BCUT2D eigenvalue weighted by Gasteiger charge is -2.17. The second kappa shape index (κ2) is 9.23. The molecule has 0 radical (unpaired) electrons. The van der Waals surface area contributed by atoms with Crippen molar-refractivity contribution in [3.8, 4) is 0 Å². The van der Waals surface area contributed by atoms with Crippen molar-refractivity contribution in [1.29, 1.82) is 5.41 Å². The highest BCUT2D eigenvalue weighted by molar-refractivity contribution is 5.96. The van der Waals surface area contributed by atoms with Gasteiger partial charge in [0.05, 0.1) is 23.6 Å². The Morgan fingerprint density at radius 2 is 2.06 bits per heavy atom. The number of amides is 1. The number of ether oxygens (including phenoxy) is 1. The number of aryl methyl sites for hydroxylation is 1. The van der Waals surface area contributed by atoms with Crippen LogP contribution < -0.4 is 16.4 Å². The average molecular weight is 458 g/mol. The van der Waals surface area contributed by atoms with Crippen LogP contribution in [0.25, 0.3) is 16.7 Å². The molecule has 1 fully saturated rings. The highest BCUT2D eigenvalue weighted by Gasteiger charge is 2.22. The summed E-state index contributed by atoms with van der Waals surface area (Å²) in [5.41, 5.74) is 2.87. The van der Waals surface area contributed by atoms with Gasteiger partial charge in [-0.05, 0) is 49.4 Å². The average Bonchev–Trinajstić information content (AvgIpc) is 3.35. The molecule has 0 saturated carbocycles. The van der Waals surface area contributed by atoms with E-state index in [2.05, 4.69) is 5.32 Å². The Balaban J connectivity index is 1.58. The second-order valence-corrected chi connectivity index (χ2v) is 8.73. The lowest BCUT2D eigenvalue weighted by molar-refractivity contribution is 0.0933. The number of carbonyl (C=O) groups is 1. The van der Waals surface area contributed by atoms with E-state index in [-0.39, 0.29) is 28.6 Å². The van der Waals surface area contributed by atoms with E-state index in [1.807, 2.05) is 43.3 Å². The summed E-state index contributed by atoms with van der Waals surface area (Å²) in [6.45, 7) is 3.38. The Kier molecular flexibility index (Phi) is 5.98. The number of pyridine rings is 2. The van der Waals surface area contributed by atoms with Crippen molar-refractivity contribution in [2.24, 2.45) is 0 Å². The van der Waals surface area contributed by atoms with Gasteiger partial charge in [0.15, 0.2) is 0 Å². The van der Waals surface area contributed by atoms with Crippen molar-refractivity contribution in [1.82, 2.24) is 19.3 Å². The van der Waals surface area contributed by atoms with Gasteiger partial charge in [-0.15, -0.1) is 0 Å². The van der Waals surface area contributed by atoms with Gasteiger partial charge in [0.1, 0.15) is 16.8 Å². The van der Waals surface area contributed by atoms with E-state index in [1.54, 1.807) is 16.8 Å². The van der Waals surface area contributed by atoms with Gasteiger partial charge in [0.2, 0.25) is 0 Å². The molecule has 0 bridgehead atoms. The third-order valence-corrected chi connectivity index (χ3v) is 6.25. The van der Waals surface area contributed by atoms with E-state index in [1.165, 1.54) is 10.5 Å². The van der Waals surface area contributed by atoms with Crippen LogP contribution in [0.3, 0.4) is 0 Å². The molecule has 174 valence electrons. The summed E-state index contributed by atoms with van der Waals surface area (Å²) in [4.78, 5) is 31.2. The van der Waals surface area contributed by atoms with Crippen LogP contribution in [0.4, 0.5) is 0 Å². The molecule has 1 atom stereocenters. The minimum absolute atomic E-state index is 0.0311. The summed E-state index contributed by atoms with van der Waals surface area (Å²) in [5, 5.41) is 12.1. The zero-order chi connectivity index (χ0) is 23.7. The molecule has 2 N–H and O–H groups in total. The van der Waals surface area contributed by atoms with Crippen LogP contribution in [0.1, 0.15) is 34.3 Å². The lowest BCUT2D eigenvalue weighted by atomic mass is 10.1. The molecule has 1 saturated heterocycles. The molecule has 4 heterocycles. The van der Waals surface area contributed by atoms with Crippen molar-refractivity contribution in [3.63, 3.8) is 0 Å². The van der Waals surface area contributed by atoms with Gasteiger partial charge < -0.3 is 14.6 Å². The summed E-state index contributed by atoms with van der Waals surface area (Å²) in [6, 6.07) is 15.1. The van der Waals surface area contributed by atoms with E-state index >= 15 is 0 Å². The van der Waals surface area contributed by atoms with Crippen LogP contribution in [0.2, 0.25) is 0 Å². The number of nitrogens with zero attached hydrogens (tertiary/aromatic N) is 3. The molecule has 0 unspecified atom stereocenters. The number of nitrogens with one attached hydrogen (secondary N) is 2. The van der Waals surface area contributed by atoms with Crippen molar-refractivity contribution in [2.45, 2.75) is 38.8 Å². The van der Waals surface area contributed by atoms with Crippen molar-refractivity contribution in [2.75, 3.05) is 13.2 Å². The zero-order valence-corrected chi connectivity index (χ0v) is 19.1. The van der Waals surface area contributed by atoms with Gasteiger partial charge in [-0.3, -0.25) is 19.4 Å². The molecule has 8 nitrogen and oxygen atoms in total. The molecule has 5 rings (SSSR count). The third kappa shape index (κ3) is 4.24. The van der Waals surface area contributed by atoms with E-state index < -0.39 is 0 Å². The maximum atomic E-state index is 13.4. The number of aromatic nitrogens is 3. The molecule has 34 heavy (non-hydrogen) atoms. The van der Waals surface area contributed by atoms with E-state index in [0.29, 0.717) is 42.8 Å². The van der Waals surface area contributed by atoms with Crippen molar-refractivity contribution >= 4 is 22.6 Å². The van der Waals surface area contributed by atoms with Crippen LogP contribution >= 0.6 is 0 Å². The molecule has 1 amide bonds. The molecule has 0 spiro atoms. The zero-order valence-electron chi connectivity index (χ0n) is 19.1. The van der Waals surface area contributed by atoms with E-state index in [0.717, 1.165) is 24.0 Å². The molecule has 1 aliphatic rings. The van der Waals surface area contributed by atoms with Gasteiger partial charge in [-0.2, -0.15) is 0 Å². The number of carbonyl (C=O) groups excluding carboxylic acids is 1. The number of hydrogen-bond donors (Lipinski definition) is 2. The Hall–Kier alpha value is -3.78. The van der Waals surface area contributed by atoms with Gasteiger partial charge in [-0.1, -0.05) is 36.4 Å². The summed E-state index contributed by atoms with van der Waals surface area (Å²) in [6.07, 6.45) is 4.16. The van der Waals surface area contributed by atoms with Gasteiger partial charge >= 0.3 is 0 Å². The minimum Gasteiger partial charge on any atom is -0.376 e. The summed E-state index contributed by atoms with van der Waals surface area (Å²) in [5.74, 6) is -0.377. The molecule has 1 aromatic carbocycles. The van der Waals surface area contributed by atoms with E-state index in [9.17, 15) is 9.59 Å². The van der Waals surface area contributed by atoms with Crippen molar-refractivity contribution in [3.05, 3.63) is 87.3 Å². The maximum Gasteiger partial charge on any atom is 0.267 e. The molecule has 4 aromatic rings. The molecule has 3 aromatic heterocycles. The largest absolute Gasteiger partial charge is 0.376 e. The quantitative estimate of drug-likeness (QED) is 0.435. The lowest BCUT2D eigenvalue weighted by Crippen LogP contribution is -2.37. The SMILES string of the molecule is Cc1ccc2nc3c(cc(C(=O)NCCc4ccccc4)c(=N)n3C[C@H]3CCCO3)c(=O)n2c1. The fourth-order valence-electron chi connectivity index (χ4n) is 4.45. The number of benzene rings is 1. The highest BCUT2D eigenvalue weighted by atomic mass is 16.5. The number of rotatable bonds is 6. The molecule has 1 aliphatic heterocycles. The van der Waals surface area contributed by atoms with Crippen LogP contribution in [-0.4, -0.2) is 39.1 Å². The van der Waals surface area contributed by atoms with Crippen LogP contribution in [0.15, 0.2) is 59.5 Å². The Morgan fingerprint density at radius 1 is 1.24 bits per heavy atom. The Labute approximate surface area is 196 Å². The van der Waals surface area contributed by atoms with Crippen molar-refractivity contribution < 1.29 is 9.53 Å². The summed E-state index contributed by atoms with van der Waals surface area (Å²) in [7, 11) is 0. The highest BCUT2D eigenvalue weighted by Crippen LogP contribution is 2.17. The summed E-state index contributed by atoms with van der Waals surface area (Å²) >= 11 is 0. The first kappa shape index (κ1) is 22.0. The second-order valence-electron chi connectivity index (χ2n) is 8.73. The third-order valence-electron chi connectivity index (χ3n) is 6.25. The molecule has 0 aliphatic carbocycles. The predicted molar refractivity (Wildman–Crippen MR) is 129 cm³/mol. The first-order valence-electron chi connectivity index (χ1n) is 11.6. The number of fused-ring (bicyclic) bond motifs is 2. The minimum atomic E-state index is -0.377. The molecular formula is C26H27N5O3. The monoisotopic (exact) mass is 457 g/mol. The first-order chi connectivity index (χ1) is 16.5. The van der Waals surface area contributed by atoms with Gasteiger partial charge in [0, 0.05) is 19.3 Å². The van der Waals surface area contributed by atoms with Crippen LogP contribution in [0, 0.1) is 12.3 Å². The standard InChI is InChI=1S/C26H27N5O3/c1-17-9-10-22-29-24-21(26(33)30(22)15-17)14-20(23(27)31(24)16-19-8-5-13-34-19)25(32)28-12-11-18-6-3-2-4-7-18/h2-4,6-7,9-10,14-15,19,27H,5,8,11-13,16H2,1H3,(H,28,32)/t19-/m1/s1. The van der Waals surface area contributed by atoms with Crippen LogP contribution in [0.5, 0.6) is 0 Å². The van der Waals surface area contributed by atoms with Crippen LogP contribution in [-0.2, 0) is 17.7 Å². The smallest absolute Gasteiger partial charge is 0.267 e. The summed E-state index contributed by atoms with van der Waals surface area (Å²) < 4.78 is 8.94. The van der Waals surface area contributed by atoms with Gasteiger partial charge in [-0.25, -0.2) is 4.98 Å². The molecular weight excluding hydrogens is 430 g/mol. The Morgan fingerprint density at radius 3 is 2.82 bits per heavy atom. The number of hydrogen-bond acceptors (Lipinski definition) is 5. The Bertz CT molecular complexity index is 1480. The van der Waals surface area contributed by atoms with Gasteiger partial charge in [0.25, 0.3) is 11.5 Å². The maximum absolute atomic E-state index is 13.4. The normalized spacial score (nSPS) is 15.7. The fraction of sp³-hybridized carbons (Fsp3) is 0.308. The molecule has 8 heteroatoms. The topological polar surface area (TPSA) is 101 Å². The predicted octanol–water partition coefficient (Wildman–Crippen LogP) is 2.59. The van der Waals surface area contributed by atoms with E-state index in [4.69, 9.17) is 15.1 Å². The first-order valence-corrected chi connectivity index (χ1v) is 11.6. The fourth-order valence-corrected chi connectivity index (χ4v) is 4.45.